The minimum atomic E-state index is 0.181. The Morgan fingerprint density at radius 2 is 2.32 bits per heavy atom. The molecule has 0 radical (unpaired) electrons. The summed E-state index contributed by atoms with van der Waals surface area (Å²) in [6.07, 6.45) is 4.23. The average molecular weight is 300 g/mol. The maximum atomic E-state index is 6.07. The Bertz CT molecular complexity index is 582. The molecule has 0 bridgehead atoms. The number of para-hydroxylation sites is 1. The Kier molecular flexibility index (Phi) is 4.63. The van der Waals surface area contributed by atoms with Crippen LogP contribution in [-0.4, -0.2) is 44.1 Å². The van der Waals surface area contributed by atoms with Gasteiger partial charge in [0.05, 0.1) is 19.2 Å². The summed E-state index contributed by atoms with van der Waals surface area (Å²) in [4.78, 5) is 6.79. The average Bonchev–Trinajstić information content (AvgIpc) is 2.55. The van der Waals surface area contributed by atoms with E-state index in [1.807, 2.05) is 18.2 Å². The second-order valence-electron chi connectivity index (χ2n) is 5.95. The fraction of sp³-hybridized carbons (Fsp3) is 0.471. The van der Waals surface area contributed by atoms with Gasteiger partial charge in [0.25, 0.3) is 0 Å². The molecule has 0 saturated heterocycles. The summed E-state index contributed by atoms with van der Waals surface area (Å²) in [6, 6.07) is 8.28. The fourth-order valence-electron chi connectivity index (χ4n) is 2.86. The van der Waals surface area contributed by atoms with Gasteiger partial charge >= 0.3 is 0 Å². The van der Waals surface area contributed by atoms with Crippen LogP contribution < -0.4 is 15.8 Å². The topological polar surface area (TPSA) is 62.9 Å². The molecule has 1 atom stereocenters. The molecular formula is C17H24N4O. The normalized spacial score (nSPS) is 22.5. The van der Waals surface area contributed by atoms with Gasteiger partial charge in [-0.25, -0.2) is 4.99 Å². The predicted octanol–water partition coefficient (Wildman–Crippen LogP) is 1.68. The zero-order valence-corrected chi connectivity index (χ0v) is 13.1. The maximum Gasteiger partial charge on any atom is 0.189 e. The van der Waals surface area contributed by atoms with Gasteiger partial charge in [-0.15, -0.1) is 0 Å². The van der Waals surface area contributed by atoms with Crippen LogP contribution in [0.1, 0.15) is 24.4 Å². The van der Waals surface area contributed by atoms with Crippen LogP contribution in [-0.2, 0) is 0 Å². The van der Waals surface area contributed by atoms with Crippen molar-refractivity contribution in [2.75, 3.05) is 33.3 Å². The van der Waals surface area contributed by atoms with E-state index in [1.165, 1.54) is 5.57 Å². The molecule has 3 rings (SSSR count). The molecule has 0 spiro atoms. The number of likely N-dealkylation sites (N-methyl/N-ethyl adjacent to an activating group) is 1. The predicted molar refractivity (Wildman–Crippen MR) is 89.1 cm³/mol. The van der Waals surface area contributed by atoms with Gasteiger partial charge in [-0.05, 0) is 19.5 Å². The van der Waals surface area contributed by atoms with Gasteiger partial charge in [-0.2, -0.15) is 0 Å². The number of nitrogens with one attached hydrogen (secondary N) is 1. The smallest absolute Gasteiger partial charge is 0.189 e. The van der Waals surface area contributed by atoms with Crippen molar-refractivity contribution >= 4 is 5.96 Å². The third-order valence-corrected chi connectivity index (χ3v) is 4.24. The molecule has 0 saturated carbocycles. The highest BCUT2D eigenvalue weighted by Gasteiger charge is 2.21. The number of nitrogens with zero attached hydrogens (tertiary/aromatic N) is 2. The Morgan fingerprint density at radius 3 is 3.14 bits per heavy atom. The number of hydrogen-bond acceptors (Lipinski definition) is 3. The first-order valence-electron chi connectivity index (χ1n) is 7.87. The molecule has 2 aliphatic heterocycles. The molecule has 2 heterocycles. The van der Waals surface area contributed by atoms with E-state index in [0.29, 0.717) is 19.1 Å². The third kappa shape index (κ3) is 3.60. The number of aliphatic imine (C=N–C) groups is 1. The quantitative estimate of drug-likeness (QED) is 0.506. The summed E-state index contributed by atoms with van der Waals surface area (Å²) >= 11 is 0. The van der Waals surface area contributed by atoms with Crippen LogP contribution in [0.2, 0.25) is 0 Å². The summed E-state index contributed by atoms with van der Waals surface area (Å²) < 4.78 is 5.67. The van der Waals surface area contributed by atoms with Gasteiger partial charge in [-0.1, -0.05) is 29.8 Å². The second kappa shape index (κ2) is 6.83. The lowest BCUT2D eigenvalue weighted by Crippen LogP contribution is -2.37. The minimum Gasteiger partial charge on any atom is -0.493 e. The van der Waals surface area contributed by atoms with Crippen molar-refractivity contribution in [1.82, 2.24) is 10.2 Å². The van der Waals surface area contributed by atoms with Crippen molar-refractivity contribution in [2.45, 2.75) is 18.9 Å². The monoisotopic (exact) mass is 300 g/mol. The Hall–Kier alpha value is -2.01. The zero-order chi connectivity index (χ0) is 15.4. The van der Waals surface area contributed by atoms with E-state index in [1.54, 1.807) is 0 Å². The van der Waals surface area contributed by atoms with Crippen LogP contribution >= 0.6 is 0 Å². The largest absolute Gasteiger partial charge is 0.493 e. The number of fused-ring (bicyclic) bond motifs is 1. The van der Waals surface area contributed by atoms with Crippen LogP contribution in [0.5, 0.6) is 5.75 Å². The molecule has 0 amide bonds. The summed E-state index contributed by atoms with van der Waals surface area (Å²) in [5.74, 6) is 1.46. The lowest BCUT2D eigenvalue weighted by atomic mass is 10.0. The fourth-order valence-corrected chi connectivity index (χ4v) is 2.86. The van der Waals surface area contributed by atoms with E-state index in [0.717, 1.165) is 37.2 Å². The molecule has 1 aromatic rings. The van der Waals surface area contributed by atoms with E-state index in [2.05, 4.69) is 34.4 Å². The Balaban J connectivity index is 1.60. The molecule has 5 heteroatoms. The number of benzene rings is 1. The lowest BCUT2D eigenvalue weighted by molar-refractivity contribution is 0.262. The lowest BCUT2D eigenvalue weighted by Gasteiger charge is -2.27. The van der Waals surface area contributed by atoms with E-state index in [-0.39, 0.29) is 6.04 Å². The maximum absolute atomic E-state index is 6.07. The Morgan fingerprint density at radius 1 is 1.45 bits per heavy atom. The van der Waals surface area contributed by atoms with Gasteiger partial charge in [0.1, 0.15) is 5.75 Å². The first-order chi connectivity index (χ1) is 10.7. The summed E-state index contributed by atoms with van der Waals surface area (Å²) in [5, 5.41) is 3.33. The molecule has 22 heavy (non-hydrogen) atoms. The highest BCUT2D eigenvalue weighted by molar-refractivity contribution is 5.78. The number of nitrogens with two attached hydrogens (primary N) is 1. The van der Waals surface area contributed by atoms with Crippen LogP contribution in [0, 0.1) is 0 Å². The molecular weight excluding hydrogens is 276 g/mol. The number of hydrogen-bond donors (Lipinski definition) is 2. The summed E-state index contributed by atoms with van der Waals surface area (Å²) in [6.45, 7) is 3.50. The van der Waals surface area contributed by atoms with Gasteiger partial charge in [0.15, 0.2) is 5.96 Å². The Labute approximate surface area is 131 Å². The van der Waals surface area contributed by atoms with Gasteiger partial charge in [0.2, 0.25) is 0 Å². The number of ether oxygens (including phenoxy) is 1. The van der Waals surface area contributed by atoms with Crippen LogP contribution in [0.15, 0.2) is 40.9 Å². The summed E-state index contributed by atoms with van der Waals surface area (Å²) in [7, 11) is 2.13. The molecule has 0 aliphatic carbocycles. The molecule has 2 aliphatic rings. The van der Waals surface area contributed by atoms with Crippen molar-refractivity contribution in [3.8, 4) is 5.75 Å². The third-order valence-electron chi connectivity index (χ3n) is 4.24. The molecule has 1 aromatic carbocycles. The van der Waals surface area contributed by atoms with Crippen molar-refractivity contribution in [2.24, 2.45) is 10.7 Å². The van der Waals surface area contributed by atoms with Crippen LogP contribution in [0.3, 0.4) is 0 Å². The standard InChI is InChI=1S/C17H24N4O/c1-21-9-6-13(7-10-21)12-19-17(18)20-15-8-11-22-16-5-3-2-4-14(15)16/h2-6,15H,7-12H2,1H3,(H3,18,19,20). The van der Waals surface area contributed by atoms with E-state index < -0.39 is 0 Å². The zero-order valence-electron chi connectivity index (χ0n) is 13.1. The first kappa shape index (κ1) is 14.9. The minimum absolute atomic E-state index is 0.181. The van der Waals surface area contributed by atoms with Crippen molar-refractivity contribution in [3.63, 3.8) is 0 Å². The van der Waals surface area contributed by atoms with Crippen molar-refractivity contribution in [1.29, 1.82) is 0 Å². The molecule has 1 unspecified atom stereocenters. The molecule has 5 nitrogen and oxygen atoms in total. The molecule has 3 N–H and O–H groups in total. The SMILES string of the molecule is CN1CC=C(CN=C(N)NC2CCOc3ccccc32)CC1. The molecule has 118 valence electrons. The van der Waals surface area contributed by atoms with E-state index in [9.17, 15) is 0 Å². The second-order valence-corrected chi connectivity index (χ2v) is 5.95. The number of rotatable bonds is 3. The molecule has 0 fully saturated rings. The molecule has 0 aromatic heterocycles. The highest BCUT2D eigenvalue weighted by atomic mass is 16.5. The van der Waals surface area contributed by atoms with Gasteiger partial charge in [-0.3, -0.25) is 0 Å². The van der Waals surface area contributed by atoms with Crippen LogP contribution in [0.4, 0.5) is 0 Å². The summed E-state index contributed by atoms with van der Waals surface area (Å²) in [5.41, 5.74) is 8.59. The van der Waals surface area contributed by atoms with Crippen molar-refractivity contribution in [3.05, 3.63) is 41.5 Å². The van der Waals surface area contributed by atoms with Crippen molar-refractivity contribution < 1.29 is 4.74 Å². The van der Waals surface area contributed by atoms with Gasteiger partial charge < -0.3 is 20.7 Å². The highest BCUT2D eigenvalue weighted by Crippen LogP contribution is 2.31. The number of guanidine groups is 1. The van der Waals surface area contributed by atoms with Crippen LogP contribution in [0.25, 0.3) is 0 Å². The van der Waals surface area contributed by atoms with E-state index in [4.69, 9.17) is 10.5 Å². The first-order valence-corrected chi connectivity index (χ1v) is 7.87. The van der Waals surface area contributed by atoms with Gasteiger partial charge in [0, 0.05) is 25.1 Å². The van der Waals surface area contributed by atoms with E-state index >= 15 is 0 Å².